The van der Waals surface area contributed by atoms with Crippen LogP contribution in [-0.4, -0.2) is 34.4 Å². The molecule has 0 fully saturated rings. The van der Waals surface area contributed by atoms with Crippen LogP contribution in [0.1, 0.15) is 58.5 Å². The van der Waals surface area contributed by atoms with E-state index in [0.717, 1.165) is 0 Å². The summed E-state index contributed by atoms with van der Waals surface area (Å²) in [5.41, 5.74) is 0.616. The number of nitrogens with zero attached hydrogens (tertiary/aromatic N) is 3. The summed E-state index contributed by atoms with van der Waals surface area (Å²) in [6, 6.07) is -0.350. The molecule has 3 heterocycles. The zero-order valence-electron chi connectivity index (χ0n) is 17.1. The van der Waals surface area contributed by atoms with E-state index in [-0.39, 0.29) is 41.4 Å². The summed E-state index contributed by atoms with van der Waals surface area (Å²) in [7, 11) is 0. The Bertz CT molecular complexity index is 922. The van der Waals surface area contributed by atoms with Gasteiger partial charge in [-0.15, -0.1) is 0 Å². The van der Waals surface area contributed by atoms with E-state index in [1.807, 2.05) is 26.8 Å². The number of aliphatic imine (C=N–C) groups is 1. The predicted molar refractivity (Wildman–Crippen MR) is 108 cm³/mol. The number of allylic oxidation sites excluding steroid dienone is 1. The molecule has 3 rings (SSSR count). The molecule has 0 bridgehead atoms. The lowest BCUT2D eigenvalue weighted by molar-refractivity contribution is -0.116. The maximum atomic E-state index is 13.4. The zero-order chi connectivity index (χ0) is 20.4. The van der Waals surface area contributed by atoms with Crippen LogP contribution in [-0.2, 0) is 9.53 Å². The SMILES string of the molecule is CCOC1=N/C(=C\C(C)C)c2nc3c(c(=O)n2[C@@H]1CC(C)C)C=CC(=O)CO3. The zero-order valence-corrected chi connectivity index (χ0v) is 17.1. The minimum atomic E-state index is -0.350. The van der Waals surface area contributed by atoms with Crippen LogP contribution < -0.4 is 10.3 Å². The van der Waals surface area contributed by atoms with Gasteiger partial charge < -0.3 is 9.47 Å². The number of rotatable bonds is 4. The number of carbonyl (C=O) groups is 1. The molecule has 2 aliphatic heterocycles. The Hall–Kier alpha value is -2.70. The molecule has 1 aromatic heterocycles. The minimum absolute atomic E-state index is 0.133. The fraction of sp³-hybridized carbons (Fsp3) is 0.524. The summed E-state index contributed by atoms with van der Waals surface area (Å²) >= 11 is 0. The lowest BCUT2D eigenvalue weighted by atomic mass is 10.0. The standard InChI is InChI=1S/C21H27N3O4/c1-6-27-20-17(10-13(4)5)24-18(16(22-20)9-12(2)3)23-19-15(21(24)26)8-7-14(25)11-28-19/h7-9,12-13,17H,6,10-11H2,1-5H3/b16-9-/t17-/m1/s1. The largest absolute Gasteiger partial charge is 0.480 e. The summed E-state index contributed by atoms with van der Waals surface area (Å²) in [4.78, 5) is 34.5. The number of fused-ring (bicyclic) bond motifs is 2. The number of aromatic nitrogens is 2. The van der Waals surface area contributed by atoms with Crippen LogP contribution in [0.2, 0.25) is 0 Å². The van der Waals surface area contributed by atoms with Crippen molar-refractivity contribution in [2.45, 2.75) is 47.1 Å². The van der Waals surface area contributed by atoms with Crippen molar-refractivity contribution in [3.8, 4) is 5.88 Å². The summed E-state index contributed by atoms with van der Waals surface area (Å²) in [6.45, 7) is 10.5. The second-order valence-corrected chi connectivity index (χ2v) is 7.74. The Morgan fingerprint density at radius 3 is 2.68 bits per heavy atom. The van der Waals surface area contributed by atoms with Crippen molar-refractivity contribution in [2.75, 3.05) is 13.2 Å². The molecule has 0 unspecified atom stereocenters. The van der Waals surface area contributed by atoms with Crippen molar-refractivity contribution < 1.29 is 14.3 Å². The first-order valence-corrected chi connectivity index (χ1v) is 9.75. The van der Waals surface area contributed by atoms with Gasteiger partial charge >= 0.3 is 0 Å². The average Bonchev–Trinajstić information content (AvgIpc) is 2.80. The molecule has 0 radical (unpaired) electrons. The van der Waals surface area contributed by atoms with Crippen molar-refractivity contribution in [2.24, 2.45) is 16.8 Å². The monoisotopic (exact) mass is 385 g/mol. The molecular weight excluding hydrogens is 358 g/mol. The van der Waals surface area contributed by atoms with E-state index >= 15 is 0 Å². The number of hydrogen-bond acceptors (Lipinski definition) is 6. The third-order valence-electron chi connectivity index (χ3n) is 4.44. The molecule has 1 atom stereocenters. The second kappa shape index (κ2) is 8.12. The summed E-state index contributed by atoms with van der Waals surface area (Å²) in [5, 5.41) is 0. The van der Waals surface area contributed by atoms with Gasteiger partial charge in [0, 0.05) is 0 Å². The summed E-state index contributed by atoms with van der Waals surface area (Å²) in [5.74, 6) is 1.46. The lowest BCUT2D eigenvalue weighted by Gasteiger charge is -2.30. The quantitative estimate of drug-likeness (QED) is 0.794. The van der Waals surface area contributed by atoms with E-state index in [1.54, 1.807) is 4.57 Å². The van der Waals surface area contributed by atoms with E-state index in [2.05, 4.69) is 18.8 Å². The Morgan fingerprint density at radius 1 is 1.29 bits per heavy atom. The van der Waals surface area contributed by atoms with Gasteiger partial charge in [-0.1, -0.05) is 33.8 Å². The highest BCUT2D eigenvalue weighted by Gasteiger charge is 2.33. The molecule has 0 amide bonds. The van der Waals surface area contributed by atoms with E-state index in [1.165, 1.54) is 12.2 Å². The summed E-state index contributed by atoms with van der Waals surface area (Å²) in [6.07, 6.45) is 5.50. The molecule has 0 aliphatic carbocycles. The molecule has 0 spiro atoms. The predicted octanol–water partition coefficient (Wildman–Crippen LogP) is 3.25. The van der Waals surface area contributed by atoms with Crippen LogP contribution in [0.4, 0.5) is 0 Å². The van der Waals surface area contributed by atoms with Crippen molar-refractivity contribution in [3.63, 3.8) is 0 Å². The molecule has 7 nitrogen and oxygen atoms in total. The van der Waals surface area contributed by atoms with Gasteiger partial charge in [0.2, 0.25) is 11.8 Å². The molecule has 2 aliphatic rings. The van der Waals surface area contributed by atoms with Crippen LogP contribution in [0.5, 0.6) is 5.88 Å². The first kappa shape index (κ1) is 20.0. The third-order valence-corrected chi connectivity index (χ3v) is 4.44. The smallest absolute Gasteiger partial charge is 0.265 e. The molecule has 1 aromatic rings. The molecular formula is C21H27N3O4. The number of ketones is 1. The summed E-state index contributed by atoms with van der Waals surface area (Å²) < 4.78 is 13.0. The second-order valence-electron chi connectivity index (χ2n) is 7.74. The highest BCUT2D eigenvalue weighted by Crippen LogP contribution is 2.32. The normalized spacial score (nSPS) is 20.0. The van der Waals surface area contributed by atoms with Crippen LogP contribution in [0.25, 0.3) is 11.8 Å². The van der Waals surface area contributed by atoms with Crippen molar-refractivity contribution in [1.29, 1.82) is 0 Å². The van der Waals surface area contributed by atoms with E-state index in [0.29, 0.717) is 36.4 Å². The Labute approximate surface area is 164 Å². The van der Waals surface area contributed by atoms with Crippen molar-refractivity contribution in [1.82, 2.24) is 9.55 Å². The van der Waals surface area contributed by atoms with Crippen LogP contribution >= 0.6 is 0 Å². The van der Waals surface area contributed by atoms with E-state index in [9.17, 15) is 9.59 Å². The van der Waals surface area contributed by atoms with Gasteiger partial charge in [0.1, 0.15) is 17.3 Å². The fourth-order valence-corrected chi connectivity index (χ4v) is 3.32. The maximum absolute atomic E-state index is 13.4. The molecule has 28 heavy (non-hydrogen) atoms. The Balaban J connectivity index is 2.28. The molecule has 0 aromatic carbocycles. The first-order chi connectivity index (χ1) is 13.3. The molecule has 150 valence electrons. The molecule has 7 heteroatoms. The van der Waals surface area contributed by atoms with Gasteiger partial charge in [0.15, 0.2) is 18.2 Å². The van der Waals surface area contributed by atoms with Gasteiger partial charge in [-0.05, 0) is 37.3 Å². The van der Waals surface area contributed by atoms with Crippen LogP contribution in [0.15, 0.2) is 21.9 Å². The van der Waals surface area contributed by atoms with Crippen molar-refractivity contribution >= 4 is 23.5 Å². The average molecular weight is 385 g/mol. The van der Waals surface area contributed by atoms with Gasteiger partial charge in [-0.2, -0.15) is 4.98 Å². The van der Waals surface area contributed by atoms with Crippen LogP contribution in [0, 0.1) is 11.8 Å². The maximum Gasteiger partial charge on any atom is 0.265 e. The Morgan fingerprint density at radius 2 is 2.04 bits per heavy atom. The van der Waals surface area contributed by atoms with Crippen molar-refractivity contribution in [3.05, 3.63) is 33.9 Å². The number of hydrogen-bond donors (Lipinski definition) is 0. The third kappa shape index (κ3) is 3.93. The minimum Gasteiger partial charge on any atom is -0.480 e. The topological polar surface area (TPSA) is 82.8 Å². The fourth-order valence-electron chi connectivity index (χ4n) is 3.32. The van der Waals surface area contributed by atoms with E-state index < -0.39 is 0 Å². The Kier molecular flexibility index (Phi) is 5.82. The van der Waals surface area contributed by atoms with Gasteiger partial charge in [-0.3, -0.25) is 14.2 Å². The molecule has 0 saturated heterocycles. The lowest BCUT2D eigenvalue weighted by Crippen LogP contribution is -2.38. The number of carbonyl (C=O) groups excluding carboxylic acids is 1. The first-order valence-electron chi connectivity index (χ1n) is 9.75. The van der Waals surface area contributed by atoms with Gasteiger partial charge in [-0.25, -0.2) is 4.99 Å². The molecule has 0 saturated carbocycles. The highest BCUT2D eigenvalue weighted by molar-refractivity contribution is 5.96. The van der Waals surface area contributed by atoms with Crippen LogP contribution in [0.3, 0.4) is 0 Å². The highest BCUT2D eigenvalue weighted by atomic mass is 16.5. The van der Waals surface area contributed by atoms with Gasteiger partial charge in [0.25, 0.3) is 5.56 Å². The van der Waals surface area contributed by atoms with E-state index in [4.69, 9.17) is 14.5 Å². The molecule has 0 N–H and O–H groups in total. The van der Waals surface area contributed by atoms with Gasteiger partial charge in [0.05, 0.1) is 6.61 Å². The number of ether oxygens (including phenoxy) is 2.